The lowest BCUT2D eigenvalue weighted by Gasteiger charge is -2.16. The molecule has 1 aromatic heterocycles. The first-order chi connectivity index (χ1) is 22.6. The molecule has 1 heterocycles. The Morgan fingerprint density at radius 1 is 0.809 bits per heavy atom. The van der Waals surface area contributed by atoms with Crippen molar-refractivity contribution in [3.8, 4) is 45.6 Å². The maximum atomic E-state index is 15.0. The highest BCUT2D eigenvalue weighted by Gasteiger charge is 2.31. The van der Waals surface area contributed by atoms with Crippen LogP contribution in [-0.2, 0) is 14.8 Å². The van der Waals surface area contributed by atoms with Gasteiger partial charge in [-0.25, -0.2) is 21.6 Å². The Morgan fingerprint density at radius 3 is 2.11 bits per heavy atom. The quantitative estimate of drug-likeness (QED) is 0.163. The monoisotopic (exact) mass is 679 g/mol. The number of benzene rings is 5. The third kappa shape index (κ3) is 5.51. The van der Waals surface area contributed by atoms with Crippen LogP contribution < -0.4 is 0 Å². The van der Waals surface area contributed by atoms with Gasteiger partial charge in [-0.1, -0.05) is 53.5 Å². The van der Waals surface area contributed by atoms with E-state index in [-0.39, 0.29) is 54.3 Å². The van der Waals surface area contributed by atoms with Crippen LogP contribution in [0.25, 0.3) is 44.4 Å². The molecule has 0 N–H and O–H groups in total. The molecule has 5 aromatic carbocycles. The van der Waals surface area contributed by atoms with Crippen molar-refractivity contribution in [2.24, 2.45) is 0 Å². The summed E-state index contributed by atoms with van der Waals surface area (Å²) in [4.78, 5) is 12.0. The second kappa shape index (κ2) is 12.4. The number of hydrogen-bond donors (Lipinski definition) is 0. The van der Waals surface area contributed by atoms with E-state index in [4.69, 9.17) is 27.9 Å². The molecule has 0 spiro atoms. The van der Waals surface area contributed by atoms with Gasteiger partial charge in [0.1, 0.15) is 5.82 Å². The zero-order valence-electron chi connectivity index (χ0n) is 24.3. The van der Waals surface area contributed by atoms with Crippen LogP contribution in [-0.4, -0.2) is 25.5 Å². The predicted octanol–water partition coefficient (Wildman–Crippen LogP) is 8.86. The van der Waals surface area contributed by atoms with Crippen molar-refractivity contribution >= 4 is 50.1 Å². The van der Waals surface area contributed by atoms with E-state index in [1.807, 2.05) is 0 Å². The van der Waals surface area contributed by atoms with E-state index in [0.29, 0.717) is 21.7 Å². The average Bonchev–Trinajstić information content (AvgIpc) is 3.42. The number of hydrogen-bond acceptors (Lipinski definition) is 6. The van der Waals surface area contributed by atoms with Gasteiger partial charge in [-0.3, -0.25) is 0 Å². The van der Waals surface area contributed by atoms with Crippen LogP contribution in [0, 0.1) is 28.5 Å². The summed E-state index contributed by atoms with van der Waals surface area (Å²) in [5.41, 5.74) is 2.42. The van der Waals surface area contributed by atoms with Gasteiger partial charge >= 0.3 is 5.97 Å². The van der Waals surface area contributed by atoms with Gasteiger partial charge in [0.25, 0.3) is 10.0 Å². The van der Waals surface area contributed by atoms with Crippen molar-refractivity contribution in [2.45, 2.75) is 4.90 Å². The van der Waals surface area contributed by atoms with E-state index in [0.717, 1.165) is 10.0 Å². The highest BCUT2D eigenvalue weighted by molar-refractivity contribution is 7.90. The van der Waals surface area contributed by atoms with Crippen LogP contribution >= 0.6 is 23.2 Å². The molecule has 47 heavy (non-hydrogen) atoms. The summed E-state index contributed by atoms with van der Waals surface area (Å²) < 4.78 is 50.0. The molecule has 0 fully saturated rings. The molecule has 6 rings (SSSR count). The molecule has 6 aromatic rings. The number of rotatable bonds is 6. The molecule has 0 aliphatic rings. The fraction of sp³-hybridized carbons (Fsp3) is 0.0278. The van der Waals surface area contributed by atoms with E-state index >= 15 is 0 Å². The Balaban J connectivity index is 1.76. The van der Waals surface area contributed by atoms with Gasteiger partial charge in [0.2, 0.25) is 0 Å². The fourth-order valence-corrected chi connectivity index (χ4v) is 7.51. The number of carbonyl (C=O) groups excluding carboxylic acids is 1. The molecule has 230 valence electrons. The van der Waals surface area contributed by atoms with E-state index < -0.39 is 21.8 Å². The molecular formula is C36H20Cl2FN3O4S. The molecule has 0 radical (unpaired) electrons. The lowest BCUT2D eigenvalue weighted by atomic mass is 9.90. The number of carbonyl (C=O) groups is 1. The van der Waals surface area contributed by atoms with E-state index in [2.05, 4.69) is 12.1 Å². The highest BCUT2D eigenvalue weighted by Crippen LogP contribution is 2.46. The molecule has 0 aliphatic heterocycles. The topological polar surface area (TPSA) is 113 Å². The van der Waals surface area contributed by atoms with Crippen LogP contribution in [0.5, 0.6) is 0 Å². The first-order valence-electron chi connectivity index (χ1n) is 13.9. The summed E-state index contributed by atoms with van der Waals surface area (Å²) in [6.45, 7) is 0. The minimum atomic E-state index is -4.41. The number of esters is 1. The molecule has 0 unspecified atom stereocenters. The number of fused-ring (bicyclic) bond motifs is 1. The van der Waals surface area contributed by atoms with Crippen LogP contribution in [0.4, 0.5) is 4.39 Å². The summed E-state index contributed by atoms with van der Waals surface area (Å²) >= 11 is 12.7. The van der Waals surface area contributed by atoms with Crippen molar-refractivity contribution in [3.63, 3.8) is 0 Å². The minimum absolute atomic E-state index is 0.0869. The van der Waals surface area contributed by atoms with Gasteiger partial charge in [-0.05, 0) is 78.4 Å². The molecule has 0 aliphatic carbocycles. The molecule has 0 bridgehead atoms. The second-order valence-corrected chi connectivity index (χ2v) is 13.0. The van der Waals surface area contributed by atoms with Crippen molar-refractivity contribution in [2.75, 3.05) is 7.11 Å². The third-order valence-electron chi connectivity index (χ3n) is 7.63. The van der Waals surface area contributed by atoms with Gasteiger partial charge < -0.3 is 4.74 Å². The Labute approximate surface area is 279 Å². The zero-order valence-corrected chi connectivity index (χ0v) is 26.7. The lowest BCUT2D eigenvalue weighted by Crippen LogP contribution is -2.14. The third-order valence-corrected chi connectivity index (χ3v) is 9.92. The summed E-state index contributed by atoms with van der Waals surface area (Å²) in [5, 5.41) is 21.0. The van der Waals surface area contributed by atoms with Crippen LogP contribution in [0.2, 0.25) is 10.0 Å². The average molecular weight is 681 g/mol. The molecule has 11 heteroatoms. The van der Waals surface area contributed by atoms with E-state index in [1.54, 1.807) is 42.5 Å². The maximum absolute atomic E-state index is 15.0. The van der Waals surface area contributed by atoms with Gasteiger partial charge in [0.15, 0.2) is 0 Å². The van der Waals surface area contributed by atoms with Gasteiger partial charge in [0, 0.05) is 37.7 Å². The Hall–Kier alpha value is -5.45. The number of nitriles is 2. The van der Waals surface area contributed by atoms with Crippen molar-refractivity contribution < 1.29 is 22.3 Å². The van der Waals surface area contributed by atoms with Crippen LogP contribution in [0.1, 0.15) is 21.5 Å². The first-order valence-corrected chi connectivity index (χ1v) is 16.1. The number of methoxy groups -OCH3 is 1. The van der Waals surface area contributed by atoms with Crippen molar-refractivity contribution in [3.05, 3.63) is 136 Å². The number of ether oxygens (including phenoxy) is 1. The van der Waals surface area contributed by atoms with E-state index in [9.17, 15) is 28.1 Å². The minimum Gasteiger partial charge on any atom is -0.465 e. The molecule has 0 amide bonds. The zero-order chi connectivity index (χ0) is 33.5. The van der Waals surface area contributed by atoms with Crippen LogP contribution in [0.15, 0.2) is 108 Å². The summed E-state index contributed by atoms with van der Waals surface area (Å²) in [5.74, 6) is -1.21. The molecular weight excluding hydrogens is 660 g/mol. The van der Waals surface area contributed by atoms with Gasteiger partial charge in [-0.15, -0.1) is 0 Å². The highest BCUT2D eigenvalue weighted by atomic mass is 35.5. The van der Waals surface area contributed by atoms with Gasteiger partial charge in [0.05, 0.1) is 52.0 Å². The standard InChI is InChI=1S/C36H20Cl2FN3O4S/c1-46-36(43)23-8-14-29(31(38)17-23)21-4-2-5-22(16-21)35-34(33-24(19-40)6-3-7-25(33)20-41)30-18-27(39)11-15-32(30)42(35)47(44,45)28-12-9-26(37)10-13-28/h2-18H,1H3. The fourth-order valence-electron chi connectivity index (χ4n) is 5.55. The second-order valence-electron chi connectivity index (χ2n) is 10.3. The summed E-state index contributed by atoms with van der Waals surface area (Å²) in [7, 11) is -3.15. The number of nitrogens with zero attached hydrogens (tertiary/aromatic N) is 3. The maximum Gasteiger partial charge on any atom is 0.337 e. The first kappa shape index (κ1) is 31.5. The largest absolute Gasteiger partial charge is 0.465 e. The number of halogens is 3. The summed E-state index contributed by atoms with van der Waals surface area (Å²) in [6.07, 6.45) is 0. The smallest absolute Gasteiger partial charge is 0.337 e. The van der Waals surface area contributed by atoms with Crippen molar-refractivity contribution in [1.29, 1.82) is 10.5 Å². The molecule has 0 saturated carbocycles. The molecule has 7 nitrogen and oxygen atoms in total. The SMILES string of the molecule is COC(=O)c1ccc(-c2cccc(-c3c(-c4c(C#N)cccc4C#N)c4cc(F)ccc4n3S(=O)(=O)c3ccc(Cl)cc3)c2)c(Cl)c1. The Morgan fingerprint density at radius 2 is 1.47 bits per heavy atom. The van der Waals surface area contributed by atoms with E-state index in [1.165, 1.54) is 61.7 Å². The normalized spacial score (nSPS) is 11.2. The van der Waals surface area contributed by atoms with Crippen LogP contribution in [0.3, 0.4) is 0 Å². The predicted molar refractivity (Wildman–Crippen MR) is 178 cm³/mol. The van der Waals surface area contributed by atoms with Crippen molar-refractivity contribution in [1.82, 2.24) is 3.97 Å². The summed E-state index contributed by atoms with van der Waals surface area (Å²) in [6, 6.07) is 29.5. The lowest BCUT2D eigenvalue weighted by molar-refractivity contribution is 0.0600. The molecule has 0 saturated heterocycles. The Bertz CT molecular complexity index is 2410. The molecule has 0 atom stereocenters. The number of aromatic nitrogens is 1. The van der Waals surface area contributed by atoms with Gasteiger partial charge in [-0.2, -0.15) is 10.5 Å². The Kier molecular flexibility index (Phi) is 8.31.